The fourth-order valence-corrected chi connectivity index (χ4v) is 3.29. The first-order chi connectivity index (χ1) is 7.10. The maximum atomic E-state index is 6.59. The van der Waals surface area contributed by atoms with Gasteiger partial charge in [0.25, 0.3) is 0 Å². The van der Waals surface area contributed by atoms with Crippen LogP contribution in [-0.4, -0.2) is 18.2 Å². The standard InChI is InChI=1S/C13H25NO/c1-10-5-6-11(2)13(14,8-10)9-12-4-3-7-15-12/h10-12H,3-9,14H2,1-2H3. The molecular formula is C13H25NO. The Morgan fingerprint density at radius 3 is 2.73 bits per heavy atom. The zero-order valence-electron chi connectivity index (χ0n) is 10.2. The van der Waals surface area contributed by atoms with E-state index in [4.69, 9.17) is 10.5 Å². The molecule has 88 valence electrons. The average molecular weight is 211 g/mol. The van der Waals surface area contributed by atoms with Crippen molar-refractivity contribution < 1.29 is 4.74 Å². The summed E-state index contributed by atoms with van der Waals surface area (Å²) in [4.78, 5) is 0. The number of ether oxygens (including phenoxy) is 1. The Hall–Kier alpha value is -0.0800. The molecule has 2 aliphatic rings. The van der Waals surface area contributed by atoms with Gasteiger partial charge in [0.15, 0.2) is 0 Å². The van der Waals surface area contributed by atoms with Gasteiger partial charge in [0, 0.05) is 12.1 Å². The Bertz CT molecular complexity index is 213. The first kappa shape index (κ1) is 11.4. The van der Waals surface area contributed by atoms with E-state index in [1.807, 2.05) is 0 Å². The second-order valence-corrected chi connectivity index (χ2v) is 5.86. The molecule has 1 saturated carbocycles. The van der Waals surface area contributed by atoms with Gasteiger partial charge in [0.1, 0.15) is 0 Å². The molecule has 2 nitrogen and oxygen atoms in total. The molecule has 1 aliphatic heterocycles. The normalized spacial score (nSPS) is 47.0. The van der Waals surface area contributed by atoms with Crippen molar-refractivity contribution in [3.8, 4) is 0 Å². The molecule has 2 rings (SSSR count). The number of hydrogen-bond donors (Lipinski definition) is 1. The lowest BCUT2D eigenvalue weighted by Gasteiger charge is -2.43. The first-order valence-corrected chi connectivity index (χ1v) is 6.50. The van der Waals surface area contributed by atoms with Crippen LogP contribution in [0.3, 0.4) is 0 Å². The molecule has 15 heavy (non-hydrogen) atoms. The highest BCUT2D eigenvalue weighted by molar-refractivity contribution is 4.96. The van der Waals surface area contributed by atoms with E-state index in [2.05, 4.69) is 13.8 Å². The predicted molar refractivity (Wildman–Crippen MR) is 62.7 cm³/mol. The van der Waals surface area contributed by atoms with Crippen molar-refractivity contribution in [1.82, 2.24) is 0 Å². The maximum absolute atomic E-state index is 6.59. The summed E-state index contributed by atoms with van der Waals surface area (Å²) in [5.41, 5.74) is 6.64. The van der Waals surface area contributed by atoms with Crippen molar-refractivity contribution in [2.24, 2.45) is 17.6 Å². The molecule has 2 heteroatoms. The Morgan fingerprint density at radius 2 is 2.07 bits per heavy atom. The Balaban J connectivity index is 1.96. The van der Waals surface area contributed by atoms with Crippen LogP contribution in [0.1, 0.15) is 52.4 Å². The summed E-state index contributed by atoms with van der Waals surface area (Å²) in [5.74, 6) is 1.46. The largest absolute Gasteiger partial charge is 0.378 e. The van der Waals surface area contributed by atoms with Gasteiger partial charge in [-0.15, -0.1) is 0 Å². The third kappa shape index (κ3) is 2.54. The second kappa shape index (κ2) is 4.42. The molecule has 0 aromatic heterocycles. The lowest BCUT2D eigenvalue weighted by Crippen LogP contribution is -2.52. The van der Waals surface area contributed by atoms with Gasteiger partial charge in [0.05, 0.1) is 6.10 Å². The van der Waals surface area contributed by atoms with Crippen molar-refractivity contribution in [3.05, 3.63) is 0 Å². The van der Waals surface area contributed by atoms with Crippen LogP contribution in [0.25, 0.3) is 0 Å². The van der Waals surface area contributed by atoms with E-state index in [0.29, 0.717) is 12.0 Å². The Morgan fingerprint density at radius 1 is 1.27 bits per heavy atom. The van der Waals surface area contributed by atoms with Gasteiger partial charge < -0.3 is 10.5 Å². The number of hydrogen-bond acceptors (Lipinski definition) is 2. The van der Waals surface area contributed by atoms with Crippen LogP contribution >= 0.6 is 0 Å². The summed E-state index contributed by atoms with van der Waals surface area (Å²) in [7, 11) is 0. The fraction of sp³-hybridized carbons (Fsp3) is 1.00. The monoisotopic (exact) mass is 211 g/mol. The van der Waals surface area contributed by atoms with Gasteiger partial charge in [-0.25, -0.2) is 0 Å². The molecule has 1 saturated heterocycles. The van der Waals surface area contributed by atoms with E-state index in [9.17, 15) is 0 Å². The molecule has 4 atom stereocenters. The highest BCUT2D eigenvalue weighted by Gasteiger charge is 2.39. The van der Waals surface area contributed by atoms with Crippen molar-refractivity contribution in [1.29, 1.82) is 0 Å². The summed E-state index contributed by atoms with van der Waals surface area (Å²) in [6.07, 6.45) is 7.82. The highest BCUT2D eigenvalue weighted by atomic mass is 16.5. The zero-order chi connectivity index (χ0) is 10.9. The van der Waals surface area contributed by atoms with Gasteiger partial charge in [0.2, 0.25) is 0 Å². The average Bonchev–Trinajstić information content (AvgIpc) is 2.64. The van der Waals surface area contributed by atoms with E-state index in [1.165, 1.54) is 32.1 Å². The summed E-state index contributed by atoms with van der Waals surface area (Å²) in [6.45, 7) is 5.61. The quantitative estimate of drug-likeness (QED) is 0.762. The topological polar surface area (TPSA) is 35.2 Å². The lowest BCUT2D eigenvalue weighted by atomic mass is 9.68. The minimum atomic E-state index is 0.0483. The molecular weight excluding hydrogens is 186 g/mol. The Labute approximate surface area is 93.6 Å². The molecule has 0 aromatic rings. The van der Waals surface area contributed by atoms with E-state index >= 15 is 0 Å². The van der Waals surface area contributed by atoms with Gasteiger partial charge in [-0.3, -0.25) is 0 Å². The van der Waals surface area contributed by atoms with Crippen molar-refractivity contribution in [2.75, 3.05) is 6.61 Å². The van der Waals surface area contributed by atoms with Crippen LogP contribution in [0.2, 0.25) is 0 Å². The van der Waals surface area contributed by atoms with Crippen molar-refractivity contribution >= 4 is 0 Å². The third-order valence-corrected chi connectivity index (χ3v) is 4.43. The van der Waals surface area contributed by atoms with Crippen LogP contribution in [0.15, 0.2) is 0 Å². The van der Waals surface area contributed by atoms with Crippen LogP contribution in [0.4, 0.5) is 0 Å². The zero-order valence-corrected chi connectivity index (χ0v) is 10.2. The predicted octanol–water partition coefficient (Wildman–Crippen LogP) is 2.71. The lowest BCUT2D eigenvalue weighted by molar-refractivity contribution is 0.0494. The number of rotatable bonds is 2. The molecule has 4 unspecified atom stereocenters. The van der Waals surface area contributed by atoms with Crippen LogP contribution in [0.5, 0.6) is 0 Å². The summed E-state index contributed by atoms with van der Waals surface area (Å²) in [6, 6.07) is 0. The van der Waals surface area contributed by atoms with Gasteiger partial charge in [-0.2, -0.15) is 0 Å². The maximum Gasteiger partial charge on any atom is 0.0593 e. The van der Waals surface area contributed by atoms with Gasteiger partial charge in [-0.05, 0) is 43.9 Å². The van der Waals surface area contributed by atoms with Crippen LogP contribution in [0, 0.1) is 11.8 Å². The molecule has 0 spiro atoms. The molecule has 0 radical (unpaired) electrons. The molecule has 0 bridgehead atoms. The van der Waals surface area contributed by atoms with Gasteiger partial charge >= 0.3 is 0 Å². The van der Waals surface area contributed by atoms with Crippen molar-refractivity contribution in [2.45, 2.75) is 64.0 Å². The van der Waals surface area contributed by atoms with E-state index in [-0.39, 0.29) is 5.54 Å². The molecule has 0 amide bonds. The third-order valence-electron chi connectivity index (χ3n) is 4.43. The van der Waals surface area contributed by atoms with Crippen LogP contribution < -0.4 is 5.73 Å². The molecule has 1 aliphatic carbocycles. The Kier molecular flexibility index (Phi) is 3.36. The van der Waals surface area contributed by atoms with E-state index in [0.717, 1.165) is 18.9 Å². The van der Waals surface area contributed by atoms with Gasteiger partial charge in [-0.1, -0.05) is 20.3 Å². The SMILES string of the molecule is CC1CCC(C)C(N)(CC2CCCO2)C1. The van der Waals surface area contributed by atoms with E-state index in [1.54, 1.807) is 0 Å². The van der Waals surface area contributed by atoms with Crippen LogP contribution in [-0.2, 0) is 4.74 Å². The fourth-order valence-electron chi connectivity index (χ4n) is 3.29. The summed E-state index contributed by atoms with van der Waals surface area (Å²) < 4.78 is 5.72. The minimum absolute atomic E-state index is 0.0483. The minimum Gasteiger partial charge on any atom is -0.378 e. The molecule has 2 N–H and O–H groups in total. The molecule has 0 aromatic carbocycles. The highest BCUT2D eigenvalue weighted by Crippen LogP contribution is 2.39. The molecule has 2 fully saturated rings. The number of nitrogens with two attached hydrogens (primary N) is 1. The smallest absolute Gasteiger partial charge is 0.0593 e. The van der Waals surface area contributed by atoms with Crippen molar-refractivity contribution in [3.63, 3.8) is 0 Å². The summed E-state index contributed by atoms with van der Waals surface area (Å²) in [5, 5.41) is 0. The molecule has 1 heterocycles. The first-order valence-electron chi connectivity index (χ1n) is 6.50. The second-order valence-electron chi connectivity index (χ2n) is 5.86. The van der Waals surface area contributed by atoms with E-state index < -0.39 is 0 Å². The summed E-state index contributed by atoms with van der Waals surface area (Å²) >= 11 is 0.